The molecule has 0 spiro atoms. The van der Waals surface area contributed by atoms with Crippen molar-refractivity contribution in [2.24, 2.45) is 0 Å². The Hall–Kier alpha value is -7.79. The molecule has 0 aromatic heterocycles. The molecule has 0 amide bonds. The van der Waals surface area contributed by atoms with Crippen molar-refractivity contribution in [3.63, 3.8) is 0 Å². The molecule has 10 aromatic carbocycles. The van der Waals surface area contributed by atoms with E-state index in [0.717, 1.165) is 5.56 Å². The lowest BCUT2D eigenvalue weighted by atomic mass is 9.51. The highest BCUT2D eigenvalue weighted by Crippen LogP contribution is 2.65. The van der Waals surface area contributed by atoms with E-state index >= 15 is 0 Å². The van der Waals surface area contributed by atoms with E-state index in [0.29, 0.717) is 5.56 Å². The van der Waals surface area contributed by atoms with Gasteiger partial charge in [-0.05, 0) is 112 Å². The summed E-state index contributed by atoms with van der Waals surface area (Å²) in [6.07, 6.45) is 0. The Labute approximate surface area is 350 Å². The van der Waals surface area contributed by atoms with Crippen molar-refractivity contribution < 1.29 is 0 Å². The quantitative estimate of drug-likeness (QED) is 0.160. The van der Waals surface area contributed by atoms with E-state index in [9.17, 15) is 5.26 Å². The first kappa shape index (κ1) is 34.3. The molecule has 10 aromatic rings. The van der Waals surface area contributed by atoms with Crippen molar-refractivity contribution in [3.8, 4) is 39.4 Å². The zero-order valence-electron chi connectivity index (χ0n) is 32.8. The summed E-state index contributed by atoms with van der Waals surface area (Å²) in [5.74, 6) is 0. The molecule has 0 bridgehead atoms. The fourth-order valence-electron chi connectivity index (χ4n) is 11.2. The van der Waals surface area contributed by atoms with Crippen molar-refractivity contribution in [2.45, 2.75) is 10.8 Å². The first-order valence-corrected chi connectivity index (χ1v) is 20.7. The highest BCUT2D eigenvalue weighted by molar-refractivity contribution is 6.21. The predicted octanol–water partition coefficient (Wildman–Crippen LogP) is 14.3. The minimum Gasteiger partial charge on any atom is -0.192 e. The first-order valence-electron chi connectivity index (χ1n) is 20.7. The minimum atomic E-state index is -0.606. The summed E-state index contributed by atoms with van der Waals surface area (Å²) in [6.45, 7) is 0. The normalized spacial score (nSPS) is 17.1. The SMILES string of the molecule is N#Cc1ccc(-c2c3ccccc3c(-c3ccc(C4(c5ccccc5)c5ccccc5C5(c6ccccc6)c6ccccc6-c6cccc4c65)cc3)c3ccccc23)cc1. The van der Waals surface area contributed by atoms with Crippen LogP contribution >= 0.6 is 0 Å². The number of rotatable bonds is 5. The summed E-state index contributed by atoms with van der Waals surface area (Å²) in [5.41, 5.74) is 17.3. The molecule has 12 rings (SSSR count). The molecule has 0 N–H and O–H groups in total. The van der Waals surface area contributed by atoms with E-state index in [2.05, 4.69) is 218 Å². The van der Waals surface area contributed by atoms with Gasteiger partial charge in [-0.3, -0.25) is 0 Å². The standard InChI is InChI=1S/C59H37N/c60-38-39-30-32-40(33-31-39)55-46-21-7-9-23-48(46)56(49-24-10-8-22-47(49)55)41-34-36-44(37-35-41)58(42-16-3-1-4-17-42)52-27-13-14-28-53(52)59(43-18-5-2-6-19-43)51-26-12-11-20-45(51)50-25-15-29-54(58)57(50)59/h1-37H. The van der Waals surface area contributed by atoms with Gasteiger partial charge >= 0.3 is 0 Å². The molecule has 2 atom stereocenters. The average molecular weight is 760 g/mol. The van der Waals surface area contributed by atoms with Gasteiger partial charge in [-0.1, -0.05) is 212 Å². The molecular weight excluding hydrogens is 723 g/mol. The van der Waals surface area contributed by atoms with Crippen LogP contribution in [0.3, 0.4) is 0 Å². The topological polar surface area (TPSA) is 23.8 Å². The van der Waals surface area contributed by atoms with Crippen LogP contribution in [0.4, 0.5) is 0 Å². The molecule has 1 nitrogen and oxygen atoms in total. The zero-order valence-corrected chi connectivity index (χ0v) is 32.8. The smallest absolute Gasteiger partial charge is 0.0991 e. The summed E-state index contributed by atoms with van der Waals surface area (Å²) in [5, 5.41) is 14.4. The molecule has 0 saturated heterocycles. The molecule has 278 valence electrons. The van der Waals surface area contributed by atoms with Crippen LogP contribution in [0.15, 0.2) is 224 Å². The number of benzene rings is 10. The van der Waals surface area contributed by atoms with E-state index in [4.69, 9.17) is 0 Å². The van der Waals surface area contributed by atoms with Crippen LogP contribution in [-0.2, 0) is 10.8 Å². The molecule has 60 heavy (non-hydrogen) atoms. The zero-order chi connectivity index (χ0) is 39.8. The number of nitrogens with zero attached hydrogens (tertiary/aromatic N) is 1. The van der Waals surface area contributed by atoms with Crippen LogP contribution in [0, 0.1) is 11.3 Å². The third-order valence-corrected chi connectivity index (χ3v) is 13.5. The Morgan fingerprint density at radius 2 is 0.700 bits per heavy atom. The van der Waals surface area contributed by atoms with Gasteiger partial charge in [-0.15, -0.1) is 0 Å². The Balaban J connectivity index is 1.14. The lowest BCUT2D eigenvalue weighted by molar-refractivity contribution is 0.627. The lowest BCUT2D eigenvalue weighted by Gasteiger charge is -2.49. The van der Waals surface area contributed by atoms with E-state index in [1.807, 2.05) is 12.1 Å². The highest BCUT2D eigenvalue weighted by atomic mass is 14.6. The first-order chi connectivity index (χ1) is 29.7. The van der Waals surface area contributed by atoms with Gasteiger partial charge in [-0.2, -0.15) is 5.26 Å². The molecular formula is C59H37N. The summed E-state index contributed by atoms with van der Waals surface area (Å²) >= 11 is 0. The van der Waals surface area contributed by atoms with Gasteiger partial charge in [0.15, 0.2) is 0 Å². The van der Waals surface area contributed by atoms with Crippen molar-refractivity contribution in [2.75, 3.05) is 0 Å². The Kier molecular flexibility index (Phi) is 7.49. The number of fused-ring (bicyclic) bond motifs is 7. The fraction of sp³-hybridized carbons (Fsp3) is 0.0339. The van der Waals surface area contributed by atoms with Crippen LogP contribution in [0.1, 0.15) is 50.1 Å². The average Bonchev–Trinajstić information content (AvgIpc) is 3.64. The molecule has 1 heteroatoms. The molecule has 0 heterocycles. The summed E-state index contributed by atoms with van der Waals surface area (Å²) in [7, 11) is 0. The second kappa shape index (κ2) is 13.1. The molecule has 0 saturated carbocycles. The largest absolute Gasteiger partial charge is 0.192 e. The van der Waals surface area contributed by atoms with Crippen molar-refractivity contribution in [3.05, 3.63) is 275 Å². The molecule has 2 unspecified atom stereocenters. The Morgan fingerprint density at radius 1 is 0.300 bits per heavy atom. The molecule has 2 aliphatic carbocycles. The van der Waals surface area contributed by atoms with Gasteiger partial charge in [0, 0.05) is 0 Å². The van der Waals surface area contributed by atoms with Gasteiger partial charge in [0.25, 0.3) is 0 Å². The van der Waals surface area contributed by atoms with Gasteiger partial charge in [0.05, 0.1) is 22.5 Å². The lowest BCUT2D eigenvalue weighted by Crippen LogP contribution is -2.44. The Bertz CT molecular complexity index is 3300. The van der Waals surface area contributed by atoms with Crippen LogP contribution < -0.4 is 0 Å². The summed E-state index contributed by atoms with van der Waals surface area (Å²) in [4.78, 5) is 0. The van der Waals surface area contributed by atoms with Gasteiger partial charge in [0.2, 0.25) is 0 Å². The summed E-state index contributed by atoms with van der Waals surface area (Å²) in [6, 6.07) is 85.0. The van der Waals surface area contributed by atoms with Gasteiger partial charge in [0.1, 0.15) is 0 Å². The van der Waals surface area contributed by atoms with Gasteiger partial charge < -0.3 is 0 Å². The maximum Gasteiger partial charge on any atom is 0.0991 e. The number of nitriles is 1. The fourth-order valence-corrected chi connectivity index (χ4v) is 11.2. The van der Waals surface area contributed by atoms with E-state index in [-0.39, 0.29) is 0 Å². The third kappa shape index (κ3) is 4.51. The van der Waals surface area contributed by atoms with Crippen molar-refractivity contribution >= 4 is 21.5 Å². The maximum atomic E-state index is 9.56. The summed E-state index contributed by atoms with van der Waals surface area (Å²) < 4.78 is 0. The van der Waals surface area contributed by atoms with Crippen LogP contribution in [0.5, 0.6) is 0 Å². The van der Waals surface area contributed by atoms with E-state index in [1.165, 1.54) is 93.9 Å². The number of hydrogen-bond acceptors (Lipinski definition) is 1. The highest BCUT2D eigenvalue weighted by Gasteiger charge is 2.57. The molecule has 2 aliphatic rings. The second-order valence-corrected chi connectivity index (χ2v) is 16.2. The maximum absolute atomic E-state index is 9.56. The third-order valence-electron chi connectivity index (χ3n) is 13.5. The van der Waals surface area contributed by atoms with Crippen molar-refractivity contribution in [1.82, 2.24) is 0 Å². The predicted molar refractivity (Wildman–Crippen MR) is 246 cm³/mol. The van der Waals surface area contributed by atoms with Crippen LogP contribution in [-0.4, -0.2) is 0 Å². The minimum absolute atomic E-state index is 0.479. The van der Waals surface area contributed by atoms with E-state index < -0.39 is 10.8 Å². The monoisotopic (exact) mass is 759 g/mol. The van der Waals surface area contributed by atoms with Crippen LogP contribution in [0.2, 0.25) is 0 Å². The Morgan fingerprint density at radius 3 is 1.25 bits per heavy atom. The molecule has 0 aliphatic heterocycles. The second-order valence-electron chi connectivity index (χ2n) is 16.2. The van der Waals surface area contributed by atoms with Gasteiger partial charge in [-0.25, -0.2) is 0 Å². The molecule has 0 fully saturated rings. The van der Waals surface area contributed by atoms with Crippen LogP contribution in [0.25, 0.3) is 54.9 Å². The van der Waals surface area contributed by atoms with E-state index in [1.54, 1.807) is 0 Å². The molecule has 0 radical (unpaired) electrons. The number of hydrogen-bond donors (Lipinski definition) is 0. The van der Waals surface area contributed by atoms with Crippen molar-refractivity contribution in [1.29, 1.82) is 5.26 Å².